The molecule has 0 bridgehead atoms. The number of carbonyl (C=O) groups excluding carboxylic acids is 1. The zero-order valence-electron chi connectivity index (χ0n) is 10.2. The molecule has 0 aromatic carbocycles. The molecule has 0 heterocycles. The fraction of sp³-hybridized carbons (Fsp3) is 0.615. The second-order valence-electron chi connectivity index (χ2n) is 4.38. The van der Waals surface area contributed by atoms with Gasteiger partial charge in [0.25, 0.3) is 0 Å². The van der Waals surface area contributed by atoms with Gasteiger partial charge in [0.1, 0.15) is 6.29 Å². The average molecular weight is 194 g/mol. The minimum Gasteiger partial charge on any atom is -0.298 e. The van der Waals surface area contributed by atoms with Gasteiger partial charge in [-0.05, 0) is 45.1 Å². The third kappa shape index (κ3) is 3.91. The summed E-state index contributed by atoms with van der Waals surface area (Å²) in [5.74, 6) is 0.935. The van der Waals surface area contributed by atoms with Crippen molar-refractivity contribution in [2.45, 2.75) is 41.5 Å². The van der Waals surface area contributed by atoms with E-state index in [-0.39, 0.29) is 0 Å². The molecule has 0 amide bonds. The summed E-state index contributed by atoms with van der Waals surface area (Å²) in [4.78, 5) is 10.6. The zero-order valence-corrected chi connectivity index (χ0v) is 10.2. The maximum atomic E-state index is 10.6. The molecule has 80 valence electrons. The summed E-state index contributed by atoms with van der Waals surface area (Å²) < 4.78 is 0. The van der Waals surface area contributed by atoms with E-state index in [1.54, 1.807) is 0 Å². The van der Waals surface area contributed by atoms with E-state index in [9.17, 15) is 4.79 Å². The predicted molar refractivity (Wildman–Crippen MR) is 62.2 cm³/mol. The lowest BCUT2D eigenvalue weighted by atomic mass is 9.86. The summed E-state index contributed by atoms with van der Waals surface area (Å²) in [7, 11) is 0. The van der Waals surface area contributed by atoms with Crippen molar-refractivity contribution in [1.82, 2.24) is 0 Å². The lowest BCUT2D eigenvalue weighted by molar-refractivity contribution is -0.104. The third-order valence-electron chi connectivity index (χ3n) is 2.87. The van der Waals surface area contributed by atoms with Gasteiger partial charge >= 0.3 is 0 Å². The molecule has 0 radical (unpaired) electrons. The van der Waals surface area contributed by atoms with Crippen LogP contribution in [0.2, 0.25) is 0 Å². The van der Waals surface area contributed by atoms with Crippen molar-refractivity contribution >= 4 is 6.29 Å². The number of carbonyl (C=O) groups is 1. The fourth-order valence-corrected chi connectivity index (χ4v) is 1.52. The highest BCUT2D eigenvalue weighted by atomic mass is 16.1. The van der Waals surface area contributed by atoms with Crippen LogP contribution in [-0.2, 0) is 4.79 Å². The van der Waals surface area contributed by atoms with E-state index in [0.29, 0.717) is 11.8 Å². The Balaban J connectivity index is 4.71. The number of hydrogen-bond donors (Lipinski definition) is 0. The van der Waals surface area contributed by atoms with E-state index >= 15 is 0 Å². The standard InChI is InChI=1S/C13H22O/c1-9(2)7-10(3)12(5)13(6)11(4)8-14/h7-8,10,12H,1-6H3/b13-11+. The van der Waals surface area contributed by atoms with Gasteiger partial charge in [0.05, 0.1) is 0 Å². The highest BCUT2D eigenvalue weighted by Crippen LogP contribution is 2.23. The molecule has 0 aromatic heterocycles. The van der Waals surface area contributed by atoms with Crippen molar-refractivity contribution in [3.63, 3.8) is 0 Å². The summed E-state index contributed by atoms with van der Waals surface area (Å²) in [6.45, 7) is 12.5. The fourth-order valence-electron chi connectivity index (χ4n) is 1.52. The number of rotatable bonds is 4. The molecule has 0 aliphatic carbocycles. The number of allylic oxidation sites excluding steroid dienone is 4. The highest BCUT2D eigenvalue weighted by Gasteiger charge is 2.13. The van der Waals surface area contributed by atoms with Gasteiger partial charge < -0.3 is 0 Å². The molecule has 0 aromatic rings. The summed E-state index contributed by atoms with van der Waals surface area (Å²) in [6.07, 6.45) is 3.20. The van der Waals surface area contributed by atoms with Gasteiger partial charge in [-0.25, -0.2) is 0 Å². The Morgan fingerprint density at radius 3 is 1.93 bits per heavy atom. The largest absolute Gasteiger partial charge is 0.298 e. The summed E-state index contributed by atoms with van der Waals surface area (Å²) >= 11 is 0. The summed E-state index contributed by atoms with van der Waals surface area (Å²) in [6, 6.07) is 0. The van der Waals surface area contributed by atoms with Crippen molar-refractivity contribution in [2.75, 3.05) is 0 Å². The predicted octanol–water partition coefficient (Wildman–Crippen LogP) is 3.76. The molecule has 1 nitrogen and oxygen atoms in total. The summed E-state index contributed by atoms with van der Waals surface area (Å²) in [5.41, 5.74) is 3.40. The van der Waals surface area contributed by atoms with Gasteiger partial charge in [-0.3, -0.25) is 4.79 Å². The number of aldehydes is 1. The molecule has 0 aliphatic heterocycles. The number of hydrogen-bond acceptors (Lipinski definition) is 1. The van der Waals surface area contributed by atoms with E-state index in [1.165, 1.54) is 11.1 Å². The molecule has 0 rings (SSSR count). The molecule has 14 heavy (non-hydrogen) atoms. The first-order chi connectivity index (χ1) is 6.40. The first kappa shape index (κ1) is 13.2. The average Bonchev–Trinajstić information content (AvgIpc) is 2.13. The quantitative estimate of drug-likeness (QED) is 0.378. The third-order valence-corrected chi connectivity index (χ3v) is 2.87. The van der Waals surface area contributed by atoms with Crippen LogP contribution in [0.1, 0.15) is 41.5 Å². The second kappa shape index (κ2) is 5.79. The maximum absolute atomic E-state index is 10.6. The minimum atomic E-state index is 0.440. The molecule has 2 unspecified atom stereocenters. The van der Waals surface area contributed by atoms with E-state index in [1.807, 2.05) is 13.8 Å². The van der Waals surface area contributed by atoms with Crippen LogP contribution >= 0.6 is 0 Å². The SMILES string of the molecule is CC(C)=CC(C)C(C)/C(C)=C(\C)C=O. The van der Waals surface area contributed by atoms with Gasteiger partial charge in [-0.1, -0.05) is 31.1 Å². The molecule has 0 aliphatic rings. The van der Waals surface area contributed by atoms with Crippen molar-refractivity contribution in [3.8, 4) is 0 Å². The van der Waals surface area contributed by atoms with Crippen molar-refractivity contribution in [3.05, 3.63) is 22.8 Å². The highest BCUT2D eigenvalue weighted by molar-refractivity contribution is 5.73. The molecule has 0 fully saturated rings. The van der Waals surface area contributed by atoms with E-state index in [4.69, 9.17) is 0 Å². The lowest BCUT2D eigenvalue weighted by Gasteiger charge is -2.19. The van der Waals surface area contributed by atoms with E-state index < -0.39 is 0 Å². The monoisotopic (exact) mass is 194 g/mol. The van der Waals surface area contributed by atoms with E-state index in [0.717, 1.165) is 11.9 Å². The topological polar surface area (TPSA) is 17.1 Å². The van der Waals surface area contributed by atoms with Crippen molar-refractivity contribution < 1.29 is 4.79 Å². The molecule has 2 atom stereocenters. The first-order valence-corrected chi connectivity index (χ1v) is 5.17. The van der Waals surface area contributed by atoms with Crippen LogP contribution in [0.3, 0.4) is 0 Å². The Kier molecular flexibility index (Phi) is 5.44. The molecule has 0 spiro atoms. The normalized spacial score (nSPS) is 16.7. The van der Waals surface area contributed by atoms with Crippen molar-refractivity contribution in [1.29, 1.82) is 0 Å². The van der Waals surface area contributed by atoms with Gasteiger partial charge in [0.15, 0.2) is 0 Å². The molecular weight excluding hydrogens is 172 g/mol. The van der Waals surface area contributed by atoms with Crippen LogP contribution in [0.25, 0.3) is 0 Å². The van der Waals surface area contributed by atoms with Crippen LogP contribution in [0, 0.1) is 11.8 Å². The zero-order chi connectivity index (χ0) is 11.3. The van der Waals surface area contributed by atoms with Crippen LogP contribution in [-0.4, -0.2) is 6.29 Å². The molecular formula is C13H22O. The van der Waals surface area contributed by atoms with Gasteiger partial charge in [-0.2, -0.15) is 0 Å². The van der Waals surface area contributed by atoms with Crippen LogP contribution in [0.15, 0.2) is 22.8 Å². The van der Waals surface area contributed by atoms with Gasteiger partial charge in [0, 0.05) is 0 Å². The molecule has 0 saturated heterocycles. The first-order valence-electron chi connectivity index (χ1n) is 5.17. The Bertz CT molecular complexity index is 254. The Morgan fingerprint density at radius 2 is 1.57 bits per heavy atom. The van der Waals surface area contributed by atoms with Gasteiger partial charge in [-0.15, -0.1) is 0 Å². The molecule has 0 N–H and O–H groups in total. The minimum absolute atomic E-state index is 0.440. The Morgan fingerprint density at radius 1 is 1.07 bits per heavy atom. The van der Waals surface area contributed by atoms with Crippen LogP contribution < -0.4 is 0 Å². The second-order valence-corrected chi connectivity index (χ2v) is 4.38. The molecule has 1 heteroatoms. The Hall–Kier alpha value is -0.850. The van der Waals surface area contributed by atoms with E-state index in [2.05, 4.69) is 33.8 Å². The summed E-state index contributed by atoms with van der Waals surface area (Å²) in [5, 5.41) is 0. The van der Waals surface area contributed by atoms with Gasteiger partial charge in [0.2, 0.25) is 0 Å². The van der Waals surface area contributed by atoms with Crippen LogP contribution in [0.4, 0.5) is 0 Å². The smallest absolute Gasteiger partial charge is 0.145 e. The molecule has 0 saturated carbocycles. The maximum Gasteiger partial charge on any atom is 0.145 e. The lowest BCUT2D eigenvalue weighted by Crippen LogP contribution is -2.09. The van der Waals surface area contributed by atoms with Crippen molar-refractivity contribution in [2.24, 2.45) is 11.8 Å². The Labute approximate surface area is 87.9 Å². The van der Waals surface area contributed by atoms with Crippen LogP contribution in [0.5, 0.6) is 0 Å².